The molecule has 33 heavy (non-hydrogen) atoms. The standard InChI is InChI=1S/C26H27N5O2/c1-30(2)26-18(13-17-7-3-5-9-21(17)29-26)15-31-11-12-33-24(16-31)23-14-20(25(27)32)19-8-4-6-10-22(19)28-23/h3-10,13-14,24H,11-12,15-16H2,1-2H3,(H2,27,32). The molecule has 2 aromatic carbocycles. The van der Waals surface area contributed by atoms with Crippen LogP contribution in [0, 0.1) is 0 Å². The molecule has 3 heterocycles. The van der Waals surface area contributed by atoms with Crippen LogP contribution in [0.25, 0.3) is 21.8 Å². The summed E-state index contributed by atoms with van der Waals surface area (Å²) < 4.78 is 6.08. The summed E-state index contributed by atoms with van der Waals surface area (Å²) in [6.07, 6.45) is -0.238. The van der Waals surface area contributed by atoms with Crippen molar-refractivity contribution in [2.45, 2.75) is 12.6 Å². The molecule has 4 aromatic rings. The summed E-state index contributed by atoms with van der Waals surface area (Å²) in [4.78, 5) is 26.2. The van der Waals surface area contributed by atoms with Gasteiger partial charge in [-0.3, -0.25) is 9.69 Å². The molecule has 0 radical (unpaired) electrons. The summed E-state index contributed by atoms with van der Waals surface area (Å²) >= 11 is 0. The monoisotopic (exact) mass is 441 g/mol. The minimum absolute atomic E-state index is 0.238. The maximum atomic E-state index is 12.1. The summed E-state index contributed by atoms with van der Waals surface area (Å²) in [6.45, 7) is 2.82. The van der Waals surface area contributed by atoms with Crippen molar-refractivity contribution in [2.75, 3.05) is 38.7 Å². The van der Waals surface area contributed by atoms with Gasteiger partial charge in [0, 0.05) is 50.1 Å². The van der Waals surface area contributed by atoms with Crippen molar-refractivity contribution >= 4 is 33.5 Å². The van der Waals surface area contributed by atoms with Crippen molar-refractivity contribution in [2.24, 2.45) is 5.73 Å². The van der Waals surface area contributed by atoms with Gasteiger partial charge in [-0.25, -0.2) is 9.97 Å². The zero-order valence-corrected chi connectivity index (χ0v) is 18.9. The van der Waals surface area contributed by atoms with Crippen LogP contribution in [-0.2, 0) is 11.3 Å². The molecule has 168 valence electrons. The molecule has 2 aromatic heterocycles. The molecule has 0 aliphatic carbocycles. The molecule has 2 N–H and O–H groups in total. The quantitative estimate of drug-likeness (QED) is 0.510. The van der Waals surface area contributed by atoms with Gasteiger partial charge in [-0.05, 0) is 24.3 Å². The lowest BCUT2D eigenvalue weighted by molar-refractivity contribution is -0.0348. The highest BCUT2D eigenvalue weighted by atomic mass is 16.5. The van der Waals surface area contributed by atoms with E-state index in [0.717, 1.165) is 46.4 Å². The van der Waals surface area contributed by atoms with Crippen LogP contribution in [0.3, 0.4) is 0 Å². The molecular formula is C26H27N5O2. The number of carbonyl (C=O) groups excluding carboxylic acids is 1. The minimum Gasteiger partial charge on any atom is -0.369 e. The second-order valence-electron chi connectivity index (χ2n) is 8.63. The number of aromatic nitrogens is 2. The van der Waals surface area contributed by atoms with Gasteiger partial charge in [0.1, 0.15) is 11.9 Å². The van der Waals surface area contributed by atoms with E-state index >= 15 is 0 Å². The van der Waals surface area contributed by atoms with Gasteiger partial charge in [0.25, 0.3) is 0 Å². The minimum atomic E-state index is -0.458. The van der Waals surface area contributed by atoms with Crippen molar-refractivity contribution < 1.29 is 9.53 Å². The Labute approximate surface area is 192 Å². The molecule has 1 fully saturated rings. The number of hydrogen-bond donors (Lipinski definition) is 1. The van der Waals surface area contributed by atoms with E-state index in [4.69, 9.17) is 20.4 Å². The fourth-order valence-corrected chi connectivity index (χ4v) is 4.48. The molecule has 7 heteroatoms. The summed E-state index contributed by atoms with van der Waals surface area (Å²) in [5.74, 6) is 0.511. The highest BCUT2D eigenvalue weighted by molar-refractivity contribution is 6.05. The topological polar surface area (TPSA) is 84.6 Å². The number of benzene rings is 2. The zero-order valence-electron chi connectivity index (χ0n) is 18.9. The molecule has 7 nitrogen and oxygen atoms in total. The lowest BCUT2D eigenvalue weighted by Crippen LogP contribution is -2.38. The van der Waals surface area contributed by atoms with Crippen molar-refractivity contribution in [1.82, 2.24) is 14.9 Å². The predicted molar refractivity (Wildman–Crippen MR) is 130 cm³/mol. The Kier molecular flexibility index (Phi) is 5.66. The van der Waals surface area contributed by atoms with Gasteiger partial charge < -0.3 is 15.4 Å². The molecule has 0 bridgehead atoms. The zero-order chi connectivity index (χ0) is 22.9. The average molecular weight is 442 g/mol. The fourth-order valence-electron chi connectivity index (χ4n) is 4.48. The van der Waals surface area contributed by atoms with Gasteiger partial charge in [-0.1, -0.05) is 36.4 Å². The second kappa shape index (κ2) is 8.77. The predicted octanol–water partition coefficient (Wildman–Crippen LogP) is 3.52. The van der Waals surface area contributed by atoms with Gasteiger partial charge in [0.2, 0.25) is 5.91 Å². The normalized spacial score (nSPS) is 16.8. The van der Waals surface area contributed by atoms with Crippen LogP contribution in [0.4, 0.5) is 5.82 Å². The Morgan fingerprint density at radius 2 is 1.85 bits per heavy atom. The van der Waals surface area contributed by atoms with Crippen LogP contribution >= 0.6 is 0 Å². The summed E-state index contributed by atoms with van der Waals surface area (Å²) in [7, 11) is 4.04. The van der Waals surface area contributed by atoms with Crippen LogP contribution in [-0.4, -0.2) is 54.6 Å². The number of pyridine rings is 2. The first-order chi connectivity index (χ1) is 16.0. The highest BCUT2D eigenvalue weighted by Crippen LogP contribution is 2.29. The second-order valence-corrected chi connectivity index (χ2v) is 8.63. The largest absolute Gasteiger partial charge is 0.369 e. The maximum absolute atomic E-state index is 12.1. The number of fused-ring (bicyclic) bond motifs is 2. The number of nitrogens with two attached hydrogens (primary N) is 1. The maximum Gasteiger partial charge on any atom is 0.249 e. The van der Waals surface area contributed by atoms with Crippen molar-refractivity contribution in [3.8, 4) is 0 Å². The molecule has 1 unspecified atom stereocenters. The van der Waals surface area contributed by atoms with Gasteiger partial charge in [-0.2, -0.15) is 0 Å². The third-order valence-electron chi connectivity index (χ3n) is 6.08. The summed E-state index contributed by atoms with van der Waals surface area (Å²) in [6, 6.07) is 19.8. The summed E-state index contributed by atoms with van der Waals surface area (Å²) in [5.41, 5.74) is 9.79. The number of ether oxygens (including phenoxy) is 1. The number of primary amides is 1. The molecule has 1 atom stereocenters. The van der Waals surface area contributed by atoms with Gasteiger partial charge in [0.15, 0.2) is 0 Å². The van der Waals surface area contributed by atoms with Crippen LogP contribution in [0.2, 0.25) is 0 Å². The van der Waals surface area contributed by atoms with Gasteiger partial charge >= 0.3 is 0 Å². The lowest BCUT2D eigenvalue weighted by Gasteiger charge is -2.33. The average Bonchev–Trinajstić information content (AvgIpc) is 2.83. The number of carbonyl (C=O) groups is 1. The molecule has 1 aliphatic rings. The molecule has 1 aliphatic heterocycles. The van der Waals surface area contributed by atoms with Gasteiger partial charge in [0.05, 0.1) is 28.9 Å². The van der Waals surface area contributed by atoms with E-state index in [2.05, 4.69) is 21.9 Å². The number of morpholine rings is 1. The number of para-hydroxylation sites is 2. The Morgan fingerprint density at radius 1 is 1.09 bits per heavy atom. The molecular weight excluding hydrogens is 414 g/mol. The Bertz CT molecular complexity index is 1340. The van der Waals surface area contributed by atoms with E-state index in [1.807, 2.05) is 56.6 Å². The van der Waals surface area contributed by atoms with E-state index in [1.165, 1.54) is 5.56 Å². The summed E-state index contributed by atoms with van der Waals surface area (Å²) in [5, 5.41) is 1.89. The van der Waals surface area contributed by atoms with Crippen molar-refractivity contribution in [3.63, 3.8) is 0 Å². The number of nitrogens with zero attached hydrogens (tertiary/aromatic N) is 4. The van der Waals surface area contributed by atoms with E-state index < -0.39 is 5.91 Å². The van der Waals surface area contributed by atoms with Crippen molar-refractivity contribution in [3.05, 3.63) is 77.5 Å². The lowest BCUT2D eigenvalue weighted by atomic mass is 10.0. The first-order valence-corrected chi connectivity index (χ1v) is 11.1. The molecule has 0 spiro atoms. The molecule has 1 saturated heterocycles. The Balaban J connectivity index is 1.44. The fraction of sp³-hybridized carbons (Fsp3) is 0.269. The number of anilines is 1. The molecule has 1 amide bonds. The van der Waals surface area contributed by atoms with Crippen LogP contribution in [0.15, 0.2) is 60.7 Å². The van der Waals surface area contributed by atoms with E-state index in [1.54, 1.807) is 6.07 Å². The van der Waals surface area contributed by atoms with Gasteiger partial charge in [-0.15, -0.1) is 0 Å². The van der Waals surface area contributed by atoms with Crippen LogP contribution in [0.1, 0.15) is 27.7 Å². The third-order valence-corrected chi connectivity index (χ3v) is 6.08. The Hall–Kier alpha value is -3.55. The third kappa shape index (κ3) is 4.25. The van der Waals surface area contributed by atoms with Crippen molar-refractivity contribution in [1.29, 1.82) is 0 Å². The van der Waals surface area contributed by atoms with E-state index in [0.29, 0.717) is 18.7 Å². The van der Waals surface area contributed by atoms with E-state index in [9.17, 15) is 4.79 Å². The molecule has 0 saturated carbocycles. The Morgan fingerprint density at radius 3 is 2.64 bits per heavy atom. The van der Waals surface area contributed by atoms with Crippen LogP contribution < -0.4 is 10.6 Å². The number of amides is 1. The van der Waals surface area contributed by atoms with E-state index in [-0.39, 0.29) is 6.10 Å². The number of hydrogen-bond acceptors (Lipinski definition) is 6. The number of rotatable bonds is 5. The smallest absolute Gasteiger partial charge is 0.249 e. The first-order valence-electron chi connectivity index (χ1n) is 11.1. The highest BCUT2D eigenvalue weighted by Gasteiger charge is 2.26. The SMILES string of the molecule is CN(C)c1nc2ccccc2cc1CN1CCOC(c2cc(C(N)=O)c3ccccc3n2)C1. The molecule has 5 rings (SSSR count). The van der Waals surface area contributed by atoms with Crippen LogP contribution in [0.5, 0.6) is 0 Å². The first kappa shape index (κ1) is 21.3.